The Bertz CT molecular complexity index is 316. The molecule has 0 heterocycles. The monoisotopic (exact) mass is 436 g/mol. The minimum atomic E-state index is -3.12. The molecule has 0 saturated carbocycles. The summed E-state index contributed by atoms with van der Waals surface area (Å²) in [6, 6.07) is 0. The van der Waals surface area contributed by atoms with Gasteiger partial charge in [0.15, 0.2) is 0 Å². The first-order chi connectivity index (χ1) is 14.1. The lowest BCUT2D eigenvalue weighted by molar-refractivity contribution is 0.125. The minimum absolute atomic E-state index is 0.994. The molecular formula is C24H52O4S. The molecule has 0 unspecified atom stereocenters. The third-order valence-electron chi connectivity index (χ3n) is 5.28. The van der Waals surface area contributed by atoms with Crippen molar-refractivity contribution in [3.8, 4) is 0 Å². The van der Waals surface area contributed by atoms with Crippen molar-refractivity contribution in [2.24, 2.45) is 0 Å². The molecular weight excluding hydrogens is 384 g/mol. The smallest absolute Gasteiger partial charge is 0.254 e. The number of rotatable bonds is 22. The molecule has 0 atom stereocenters. The fourth-order valence-corrected chi connectivity index (χ4v) is 3.49. The van der Waals surface area contributed by atoms with Crippen LogP contribution >= 0.6 is 0 Å². The van der Waals surface area contributed by atoms with Crippen molar-refractivity contribution >= 4 is 11.0 Å². The number of unbranched alkanes of at least 4 members (excludes halogenated alkanes) is 18. The molecule has 0 radical (unpaired) electrons. The number of hydrogen-bond donors (Lipinski definition) is 2. The van der Waals surface area contributed by atoms with Crippen LogP contribution in [0.5, 0.6) is 0 Å². The molecule has 0 amide bonds. The Kier molecular flexibility index (Phi) is 32.2. The van der Waals surface area contributed by atoms with Crippen LogP contribution in [0.2, 0.25) is 0 Å². The second kappa shape index (κ2) is 30.1. The highest BCUT2D eigenvalue weighted by molar-refractivity contribution is 7.66. The summed E-state index contributed by atoms with van der Waals surface area (Å²) >= 11 is 0. The maximum atomic E-state index is 8.59. The third-order valence-corrected chi connectivity index (χ3v) is 5.28. The fourth-order valence-electron chi connectivity index (χ4n) is 3.49. The zero-order valence-electron chi connectivity index (χ0n) is 19.7. The minimum Gasteiger partial charge on any atom is -0.381 e. The highest BCUT2D eigenvalue weighted by Crippen LogP contribution is 2.12. The topological polar surface area (TPSA) is 63.6 Å². The Morgan fingerprint density at radius 3 is 0.931 bits per heavy atom. The summed E-state index contributed by atoms with van der Waals surface area (Å²) in [4.78, 5) is 0. The third kappa shape index (κ3) is 39.0. The molecule has 0 aliphatic carbocycles. The van der Waals surface area contributed by atoms with Gasteiger partial charge in [-0.25, -0.2) is 8.42 Å². The lowest BCUT2D eigenvalue weighted by Gasteiger charge is -2.05. The van der Waals surface area contributed by atoms with Gasteiger partial charge in [0.05, 0.1) is 0 Å². The van der Waals surface area contributed by atoms with Gasteiger partial charge in [-0.1, -0.05) is 129 Å². The number of hydrogen-bond acceptors (Lipinski definition) is 3. The van der Waals surface area contributed by atoms with E-state index in [0.29, 0.717) is 0 Å². The predicted octanol–water partition coefficient (Wildman–Crippen LogP) is 7.92. The van der Waals surface area contributed by atoms with Crippen molar-refractivity contribution in [3.05, 3.63) is 0 Å². The first-order valence-electron chi connectivity index (χ1n) is 12.6. The van der Waals surface area contributed by atoms with Gasteiger partial charge in [0.1, 0.15) is 0 Å². The van der Waals surface area contributed by atoms with Gasteiger partial charge >= 0.3 is 0 Å². The summed E-state index contributed by atoms with van der Waals surface area (Å²) < 4.78 is 30.0. The molecule has 0 aliphatic rings. The van der Waals surface area contributed by atoms with Gasteiger partial charge in [-0.05, 0) is 12.8 Å². The van der Waals surface area contributed by atoms with E-state index in [9.17, 15) is 0 Å². The van der Waals surface area contributed by atoms with Crippen molar-refractivity contribution in [1.82, 2.24) is 0 Å². The van der Waals surface area contributed by atoms with Crippen LogP contribution in [0.25, 0.3) is 0 Å². The van der Waals surface area contributed by atoms with Crippen molar-refractivity contribution in [2.75, 3.05) is 13.2 Å². The van der Waals surface area contributed by atoms with Crippen LogP contribution in [0.15, 0.2) is 0 Å². The van der Waals surface area contributed by atoms with Gasteiger partial charge in [-0.3, -0.25) is 4.55 Å². The van der Waals surface area contributed by atoms with Crippen molar-refractivity contribution in [3.63, 3.8) is 0 Å². The number of ether oxygens (including phenoxy) is 1. The lowest BCUT2D eigenvalue weighted by Crippen LogP contribution is -1.97. The summed E-state index contributed by atoms with van der Waals surface area (Å²) in [7, 11) is -3.12. The van der Waals surface area contributed by atoms with Gasteiger partial charge < -0.3 is 4.74 Å². The molecule has 29 heavy (non-hydrogen) atoms. The average Bonchev–Trinajstić information content (AvgIpc) is 2.69. The zero-order valence-corrected chi connectivity index (χ0v) is 20.6. The largest absolute Gasteiger partial charge is 0.381 e. The molecule has 0 spiro atoms. The second-order valence-corrected chi connectivity index (χ2v) is 8.69. The molecule has 0 aromatic rings. The van der Waals surface area contributed by atoms with Crippen molar-refractivity contribution in [2.45, 2.75) is 142 Å². The van der Waals surface area contributed by atoms with Crippen LogP contribution in [0, 0.1) is 0 Å². The van der Waals surface area contributed by atoms with E-state index in [2.05, 4.69) is 13.8 Å². The molecule has 0 aromatic carbocycles. The predicted molar refractivity (Wildman–Crippen MR) is 127 cm³/mol. The standard InChI is InChI=1S/C24H50O.H2O3S/c1-3-5-7-9-11-13-15-17-19-21-23-25-24-22-20-18-16-14-12-10-8-6-4-2;1-4(2)3/h3-24H2,1-2H3;4H,(H,1,2,3). The van der Waals surface area contributed by atoms with Crippen LogP contribution in [-0.4, -0.2) is 26.2 Å². The maximum absolute atomic E-state index is 8.59. The summed E-state index contributed by atoms with van der Waals surface area (Å²) in [6.07, 6.45) is 28.2. The SMILES string of the molecule is CCCCCCCCCCCCOCCCCCCCCCCCC.O=[SH](=O)O. The van der Waals surface area contributed by atoms with Crippen molar-refractivity contribution < 1.29 is 17.7 Å². The summed E-state index contributed by atoms with van der Waals surface area (Å²) in [5.74, 6) is 0. The Morgan fingerprint density at radius 1 is 0.483 bits per heavy atom. The first-order valence-corrected chi connectivity index (χ1v) is 13.7. The summed E-state index contributed by atoms with van der Waals surface area (Å²) in [5.41, 5.74) is 0. The highest BCUT2D eigenvalue weighted by Gasteiger charge is 1.95. The van der Waals surface area contributed by atoms with Crippen LogP contribution in [0.3, 0.4) is 0 Å². The molecule has 5 heteroatoms. The van der Waals surface area contributed by atoms with E-state index in [0.717, 1.165) is 13.2 Å². The maximum Gasteiger partial charge on any atom is 0.254 e. The van der Waals surface area contributed by atoms with E-state index in [4.69, 9.17) is 17.7 Å². The Morgan fingerprint density at radius 2 is 0.690 bits per heavy atom. The van der Waals surface area contributed by atoms with Crippen LogP contribution in [0.4, 0.5) is 0 Å². The molecule has 178 valence electrons. The van der Waals surface area contributed by atoms with Gasteiger partial charge in [0.25, 0.3) is 11.0 Å². The van der Waals surface area contributed by atoms with E-state index in [1.54, 1.807) is 0 Å². The summed E-state index contributed by atoms with van der Waals surface area (Å²) in [6.45, 7) is 6.57. The average molecular weight is 437 g/mol. The van der Waals surface area contributed by atoms with Gasteiger partial charge in [0, 0.05) is 13.2 Å². The van der Waals surface area contributed by atoms with E-state index in [-0.39, 0.29) is 0 Å². The zero-order chi connectivity index (χ0) is 21.8. The lowest BCUT2D eigenvalue weighted by atomic mass is 10.1. The van der Waals surface area contributed by atoms with Gasteiger partial charge in [-0.2, -0.15) is 0 Å². The molecule has 0 aromatic heterocycles. The molecule has 0 saturated heterocycles. The van der Waals surface area contributed by atoms with Crippen LogP contribution in [0.1, 0.15) is 142 Å². The van der Waals surface area contributed by atoms with Gasteiger partial charge in [0.2, 0.25) is 0 Å². The van der Waals surface area contributed by atoms with E-state index >= 15 is 0 Å². The molecule has 4 nitrogen and oxygen atoms in total. The van der Waals surface area contributed by atoms with E-state index in [1.807, 2.05) is 0 Å². The normalized spacial score (nSPS) is 10.9. The quantitative estimate of drug-likeness (QED) is 0.103. The summed E-state index contributed by atoms with van der Waals surface area (Å²) in [5, 5.41) is 0. The van der Waals surface area contributed by atoms with Crippen LogP contribution in [-0.2, 0) is 15.7 Å². The molecule has 0 bridgehead atoms. The number of thiol groups is 1. The molecule has 0 rings (SSSR count). The first kappa shape index (κ1) is 31.1. The van der Waals surface area contributed by atoms with Crippen LogP contribution < -0.4 is 0 Å². The Labute approximate surface area is 184 Å². The van der Waals surface area contributed by atoms with Crippen molar-refractivity contribution in [1.29, 1.82) is 0 Å². The van der Waals surface area contributed by atoms with Gasteiger partial charge in [-0.15, -0.1) is 0 Å². The second-order valence-electron chi connectivity index (χ2n) is 8.21. The molecule has 0 fully saturated rings. The molecule has 1 N–H and O–H groups in total. The molecule has 0 aliphatic heterocycles. The fraction of sp³-hybridized carbons (Fsp3) is 1.00. The Hall–Kier alpha value is -0.130. The Balaban J connectivity index is 0. The van der Waals surface area contributed by atoms with E-state index < -0.39 is 11.0 Å². The highest BCUT2D eigenvalue weighted by atomic mass is 32.2. The van der Waals surface area contributed by atoms with E-state index in [1.165, 1.54) is 128 Å².